The molecule has 1 aliphatic rings. The van der Waals surface area contributed by atoms with Gasteiger partial charge in [0.1, 0.15) is 0 Å². The summed E-state index contributed by atoms with van der Waals surface area (Å²) in [7, 11) is 0. The van der Waals surface area contributed by atoms with E-state index in [0.29, 0.717) is 11.6 Å². The number of piperidine rings is 1. The molecule has 1 atom stereocenters. The number of rotatable bonds is 2. The molecule has 3 rings (SSSR count). The molecule has 1 unspecified atom stereocenters. The largest absolute Gasteiger partial charge is 0.396 e. The van der Waals surface area contributed by atoms with E-state index in [9.17, 15) is 5.11 Å². The third-order valence-corrected chi connectivity index (χ3v) is 4.42. The van der Waals surface area contributed by atoms with E-state index in [4.69, 9.17) is 5.73 Å². The molecular formula is C15H18BrN3O. The molecule has 106 valence electrons. The lowest BCUT2D eigenvalue weighted by Gasteiger charge is -2.35. The van der Waals surface area contributed by atoms with Gasteiger partial charge in [-0.15, -0.1) is 0 Å². The molecule has 0 aliphatic carbocycles. The number of nitrogens with zero attached hydrogens (tertiary/aromatic N) is 2. The molecule has 20 heavy (non-hydrogen) atoms. The highest BCUT2D eigenvalue weighted by Gasteiger charge is 2.22. The molecule has 1 fully saturated rings. The SMILES string of the molecule is Nc1cnc2ccc(Br)cc2c1N1CCCC(CO)C1. The van der Waals surface area contributed by atoms with Gasteiger partial charge in [-0.2, -0.15) is 0 Å². The van der Waals surface area contributed by atoms with Crippen molar-refractivity contribution in [3.63, 3.8) is 0 Å². The number of pyridine rings is 1. The van der Waals surface area contributed by atoms with Crippen molar-refractivity contribution in [2.45, 2.75) is 12.8 Å². The van der Waals surface area contributed by atoms with Crippen LogP contribution in [-0.4, -0.2) is 29.8 Å². The summed E-state index contributed by atoms with van der Waals surface area (Å²) in [5.41, 5.74) is 8.87. The van der Waals surface area contributed by atoms with E-state index in [1.165, 1.54) is 0 Å². The minimum absolute atomic E-state index is 0.239. The second-order valence-electron chi connectivity index (χ2n) is 5.36. The summed E-state index contributed by atoms with van der Waals surface area (Å²) in [6.07, 6.45) is 3.90. The van der Waals surface area contributed by atoms with Gasteiger partial charge in [0, 0.05) is 29.6 Å². The van der Waals surface area contributed by atoms with E-state index in [-0.39, 0.29) is 6.61 Å². The van der Waals surface area contributed by atoms with Crippen molar-refractivity contribution in [3.8, 4) is 0 Å². The number of hydrogen-bond donors (Lipinski definition) is 2. The van der Waals surface area contributed by atoms with Crippen LogP contribution in [0.5, 0.6) is 0 Å². The van der Waals surface area contributed by atoms with Crippen molar-refractivity contribution in [2.75, 3.05) is 30.3 Å². The lowest BCUT2D eigenvalue weighted by molar-refractivity contribution is 0.209. The molecule has 2 aromatic rings. The first kappa shape index (κ1) is 13.6. The van der Waals surface area contributed by atoms with Crippen LogP contribution in [0.2, 0.25) is 0 Å². The van der Waals surface area contributed by atoms with Gasteiger partial charge in [-0.1, -0.05) is 15.9 Å². The Bertz CT molecular complexity index is 627. The smallest absolute Gasteiger partial charge is 0.0745 e. The van der Waals surface area contributed by atoms with Gasteiger partial charge in [-0.05, 0) is 37.0 Å². The van der Waals surface area contributed by atoms with Gasteiger partial charge in [0.15, 0.2) is 0 Å². The molecule has 0 bridgehead atoms. The van der Waals surface area contributed by atoms with Gasteiger partial charge in [0.05, 0.1) is 23.1 Å². The van der Waals surface area contributed by atoms with Crippen LogP contribution >= 0.6 is 15.9 Å². The molecule has 5 heteroatoms. The van der Waals surface area contributed by atoms with Crippen LogP contribution in [-0.2, 0) is 0 Å². The highest BCUT2D eigenvalue weighted by molar-refractivity contribution is 9.10. The van der Waals surface area contributed by atoms with Crippen molar-refractivity contribution in [1.82, 2.24) is 4.98 Å². The van der Waals surface area contributed by atoms with Crippen LogP contribution in [0.15, 0.2) is 28.9 Å². The number of hydrogen-bond acceptors (Lipinski definition) is 4. The Hall–Kier alpha value is -1.33. The van der Waals surface area contributed by atoms with Gasteiger partial charge < -0.3 is 15.7 Å². The molecule has 0 radical (unpaired) electrons. The second kappa shape index (κ2) is 5.58. The highest BCUT2D eigenvalue weighted by Crippen LogP contribution is 2.35. The van der Waals surface area contributed by atoms with Gasteiger partial charge in [0.25, 0.3) is 0 Å². The fourth-order valence-corrected chi connectivity index (χ4v) is 3.30. The Morgan fingerprint density at radius 2 is 2.30 bits per heavy atom. The minimum Gasteiger partial charge on any atom is -0.396 e. The summed E-state index contributed by atoms with van der Waals surface area (Å²) >= 11 is 3.51. The number of fused-ring (bicyclic) bond motifs is 1. The summed E-state index contributed by atoms with van der Waals surface area (Å²) in [4.78, 5) is 6.68. The summed E-state index contributed by atoms with van der Waals surface area (Å²) in [6, 6.07) is 6.05. The van der Waals surface area contributed by atoms with Crippen LogP contribution in [0.3, 0.4) is 0 Å². The average Bonchev–Trinajstić information content (AvgIpc) is 2.47. The second-order valence-corrected chi connectivity index (χ2v) is 6.28. The molecule has 0 spiro atoms. The summed E-state index contributed by atoms with van der Waals surface area (Å²) in [5.74, 6) is 0.332. The molecule has 0 saturated carbocycles. The Morgan fingerprint density at radius 3 is 3.10 bits per heavy atom. The Balaban J connectivity index is 2.09. The number of aromatic nitrogens is 1. The zero-order chi connectivity index (χ0) is 14.1. The van der Waals surface area contributed by atoms with E-state index in [1.54, 1.807) is 6.20 Å². The van der Waals surface area contributed by atoms with Crippen molar-refractivity contribution >= 4 is 38.2 Å². The third-order valence-electron chi connectivity index (χ3n) is 3.92. The third kappa shape index (κ3) is 2.47. The number of halogens is 1. The maximum Gasteiger partial charge on any atom is 0.0745 e. The number of nitrogen functional groups attached to an aromatic ring is 1. The van der Waals surface area contributed by atoms with E-state index >= 15 is 0 Å². The fourth-order valence-electron chi connectivity index (χ4n) is 2.94. The first-order valence-corrected chi connectivity index (χ1v) is 7.68. The molecule has 1 aromatic carbocycles. The monoisotopic (exact) mass is 335 g/mol. The molecule has 1 aromatic heterocycles. The average molecular weight is 336 g/mol. The number of nitrogens with two attached hydrogens (primary N) is 1. The first-order valence-electron chi connectivity index (χ1n) is 6.88. The molecule has 1 aliphatic heterocycles. The minimum atomic E-state index is 0.239. The molecular weight excluding hydrogens is 318 g/mol. The molecule has 0 amide bonds. The maximum atomic E-state index is 9.40. The van der Waals surface area contributed by atoms with Gasteiger partial charge in [-0.3, -0.25) is 4.98 Å². The standard InChI is InChI=1S/C15H18BrN3O/c16-11-3-4-14-12(6-11)15(13(17)7-18-14)19-5-1-2-10(8-19)9-20/h3-4,6-7,10,20H,1-2,5,8-9,17H2. The molecule has 2 heterocycles. The van der Waals surface area contributed by atoms with Gasteiger partial charge in [-0.25, -0.2) is 0 Å². The molecule has 4 nitrogen and oxygen atoms in total. The van der Waals surface area contributed by atoms with Gasteiger partial charge in [0.2, 0.25) is 0 Å². The molecule has 3 N–H and O–H groups in total. The lowest BCUT2D eigenvalue weighted by Crippen LogP contribution is -2.37. The first-order chi connectivity index (χ1) is 9.69. The number of aliphatic hydroxyl groups excluding tert-OH is 1. The van der Waals surface area contributed by atoms with E-state index in [2.05, 4.69) is 31.9 Å². The Labute approximate surface area is 126 Å². The zero-order valence-electron chi connectivity index (χ0n) is 11.2. The fraction of sp³-hybridized carbons (Fsp3) is 0.400. The van der Waals surface area contributed by atoms with Crippen LogP contribution < -0.4 is 10.6 Å². The predicted octanol–water partition coefficient (Wildman–Crippen LogP) is 2.79. The van der Waals surface area contributed by atoms with Crippen molar-refractivity contribution < 1.29 is 5.11 Å². The van der Waals surface area contributed by atoms with E-state index < -0.39 is 0 Å². The number of aliphatic hydroxyl groups is 1. The van der Waals surface area contributed by atoms with Crippen LogP contribution in [0.25, 0.3) is 10.9 Å². The van der Waals surface area contributed by atoms with Crippen molar-refractivity contribution in [1.29, 1.82) is 0 Å². The molecule has 1 saturated heterocycles. The summed E-state index contributed by atoms with van der Waals surface area (Å²) in [5, 5.41) is 10.5. The lowest BCUT2D eigenvalue weighted by atomic mass is 9.97. The van der Waals surface area contributed by atoms with Crippen molar-refractivity contribution in [3.05, 3.63) is 28.9 Å². The number of anilines is 2. The van der Waals surface area contributed by atoms with Crippen LogP contribution in [0.4, 0.5) is 11.4 Å². The summed E-state index contributed by atoms with van der Waals surface area (Å²) < 4.78 is 1.02. The number of benzene rings is 1. The predicted molar refractivity (Wildman–Crippen MR) is 85.9 cm³/mol. The van der Waals surface area contributed by atoms with Gasteiger partial charge >= 0.3 is 0 Å². The van der Waals surface area contributed by atoms with E-state index in [1.807, 2.05) is 12.1 Å². The summed E-state index contributed by atoms with van der Waals surface area (Å²) in [6.45, 7) is 2.07. The quantitative estimate of drug-likeness (QED) is 0.885. The highest BCUT2D eigenvalue weighted by atomic mass is 79.9. The van der Waals surface area contributed by atoms with Crippen LogP contribution in [0, 0.1) is 5.92 Å². The van der Waals surface area contributed by atoms with Crippen molar-refractivity contribution in [2.24, 2.45) is 5.92 Å². The van der Waals surface area contributed by atoms with E-state index in [0.717, 1.165) is 47.0 Å². The topological polar surface area (TPSA) is 62.4 Å². The van der Waals surface area contributed by atoms with Crippen LogP contribution in [0.1, 0.15) is 12.8 Å². The Morgan fingerprint density at radius 1 is 1.45 bits per heavy atom. The normalized spacial score (nSPS) is 19.5. The Kier molecular flexibility index (Phi) is 3.81. The maximum absolute atomic E-state index is 9.40. The zero-order valence-corrected chi connectivity index (χ0v) is 12.8.